The molecule has 1 aliphatic heterocycles. The van der Waals surface area contributed by atoms with Gasteiger partial charge in [0.2, 0.25) is 0 Å². The summed E-state index contributed by atoms with van der Waals surface area (Å²) in [7, 11) is 0. The molecule has 0 bridgehead atoms. The maximum atomic E-state index is 12.3. The van der Waals surface area contributed by atoms with Crippen LogP contribution in [0.25, 0.3) is 0 Å². The van der Waals surface area contributed by atoms with Crippen molar-refractivity contribution in [1.29, 1.82) is 0 Å². The molecule has 0 atom stereocenters. The van der Waals surface area contributed by atoms with Crippen molar-refractivity contribution >= 4 is 0 Å². The summed E-state index contributed by atoms with van der Waals surface area (Å²) >= 11 is 0. The fourth-order valence-corrected chi connectivity index (χ4v) is 4.20. The molecule has 5 rings (SSSR count). The third-order valence-electron chi connectivity index (χ3n) is 6.19. The molecule has 1 N–H and O–H groups in total. The molecule has 0 spiro atoms. The molecule has 3 heterocycles. The van der Waals surface area contributed by atoms with Crippen molar-refractivity contribution in [2.75, 3.05) is 13.1 Å². The Hall–Kier alpha value is -1.95. The lowest BCUT2D eigenvalue weighted by molar-refractivity contribution is 0.166. The van der Waals surface area contributed by atoms with Gasteiger partial charge in [-0.2, -0.15) is 5.10 Å². The first-order chi connectivity index (χ1) is 12.8. The highest BCUT2D eigenvalue weighted by Crippen LogP contribution is 2.41. The molecule has 0 aromatic carbocycles. The Bertz CT molecular complexity index is 825. The number of rotatable bonds is 6. The van der Waals surface area contributed by atoms with Crippen LogP contribution >= 0.6 is 0 Å². The molecule has 0 amide bonds. The molecule has 1 saturated heterocycles. The second-order valence-corrected chi connectivity index (χ2v) is 8.38. The van der Waals surface area contributed by atoms with Gasteiger partial charge in [-0.3, -0.25) is 19.4 Å². The molecular weight excluding hydrogens is 326 g/mol. The van der Waals surface area contributed by atoms with Gasteiger partial charge in [-0.15, -0.1) is 0 Å². The lowest BCUT2D eigenvalue weighted by atomic mass is 9.96. The van der Waals surface area contributed by atoms with Crippen LogP contribution in [0.3, 0.4) is 0 Å². The standard InChI is InChI=1S/C20H27N5O/c26-19-9-18(15-1-2-15)21-13-25(19)11-14-5-7-24(8-6-14)12-17-10-22-23-20(17)16-3-4-16/h9-10,13-16H,1-8,11-12H2,(H,22,23). The van der Waals surface area contributed by atoms with E-state index in [1.807, 2.05) is 10.8 Å². The van der Waals surface area contributed by atoms with Crippen molar-refractivity contribution < 1.29 is 0 Å². The van der Waals surface area contributed by atoms with Crippen LogP contribution < -0.4 is 5.56 Å². The summed E-state index contributed by atoms with van der Waals surface area (Å²) in [5.74, 6) is 1.84. The Morgan fingerprint density at radius 1 is 1.08 bits per heavy atom. The number of H-pyrrole nitrogens is 1. The number of hydrogen-bond donors (Lipinski definition) is 1. The minimum Gasteiger partial charge on any atom is -0.299 e. The highest BCUT2D eigenvalue weighted by atomic mass is 16.1. The van der Waals surface area contributed by atoms with Gasteiger partial charge in [0.25, 0.3) is 5.56 Å². The van der Waals surface area contributed by atoms with Crippen molar-refractivity contribution in [3.05, 3.63) is 45.9 Å². The molecule has 2 aliphatic carbocycles. The van der Waals surface area contributed by atoms with Gasteiger partial charge in [0, 0.05) is 42.2 Å². The van der Waals surface area contributed by atoms with Crippen LogP contribution in [0.1, 0.15) is 67.3 Å². The minimum absolute atomic E-state index is 0.122. The zero-order valence-corrected chi connectivity index (χ0v) is 15.2. The number of aromatic nitrogens is 4. The summed E-state index contributed by atoms with van der Waals surface area (Å²) in [5.41, 5.74) is 3.85. The average Bonchev–Trinajstić information content (AvgIpc) is 3.57. The zero-order chi connectivity index (χ0) is 17.5. The minimum atomic E-state index is 0.122. The van der Waals surface area contributed by atoms with E-state index in [0.29, 0.717) is 11.8 Å². The average molecular weight is 353 g/mol. The number of piperidine rings is 1. The van der Waals surface area contributed by atoms with Crippen molar-refractivity contribution in [2.24, 2.45) is 5.92 Å². The molecule has 6 heteroatoms. The van der Waals surface area contributed by atoms with Crippen molar-refractivity contribution in [3.63, 3.8) is 0 Å². The second kappa shape index (κ2) is 6.65. The summed E-state index contributed by atoms with van der Waals surface area (Å²) < 4.78 is 1.81. The van der Waals surface area contributed by atoms with Crippen LogP contribution in [0.15, 0.2) is 23.4 Å². The number of likely N-dealkylation sites (tertiary alicyclic amines) is 1. The molecule has 6 nitrogen and oxygen atoms in total. The number of nitrogens with one attached hydrogen (secondary N) is 1. The Balaban J connectivity index is 1.16. The lowest BCUT2D eigenvalue weighted by Gasteiger charge is -2.32. The molecule has 3 fully saturated rings. The van der Waals surface area contributed by atoms with Gasteiger partial charge in [-0.1, -0.05) is 0 Å². The topological polar surface area (TPSA) is 66.8 Å². The SMILES string of the molecule is O=c1cc(C2CC2)ncn1CC1CCN(Cc2cn[nH]c2C2CC2)CC1. The third kappa shape index (κ3) is 3.47. The van der Waals surface area contributed by atoms with E-state index in [9.17, 15) is 4.79 Å². The smallest absolute Gasteiger partial charge is 0.253 e. The Kier molecular flexibility index (Phi) is 4.15. The van der Waals surface area contributed by atoms with Gasteiger partial charge in [0.1, 0.15) is 0 Å². The molecule has 3 aliphatic rings. The summed E-state index contributed by atoms with van der Waals surface area (Å²) in [4.78, 5) is 19.4. The molecule has 138 valence electrons. The number of aromatic amines is 1. The summed E-state index contributed by atoms with van der Waals surface area (Å²) in [6.07, 6.45) is 11.1. The monoisotopic (exact) mass is 353 g/mol. The van der Waals surface area contributed by atoms with E-state index in [1.165, 1.54) is 36.9 Å². The molecule has 26 heavy (non-hydrogen) atoms. The molecule has 2 aromatic rings. The largest absolute Gasteiger partial charge is 0.299 e. The van der Waals surface area contributed by atoms with Crippen LogP contribution in [-0.2, 0) is 13.1 Å². The van der Waals surface area contributed by atoms with Gasteiger partial charge in [0.05, 0.1) is 18.2 Å². The van der Waals surface area contributed by atoms with Crippen LogP contribution in [0, 0.1) is 5.92 Å². The first-order valence-corrected chi connectivity index (χ1v) is 10.1. The van der Waals surface area contributed by atoms with E-state index in [2.05, 4.69) is 20.1 Å². The van der Waals surface area contributed by atoms with E-state index in [0.717, 1.165) is 50.6 Å². The maximum Gasteiger partial charge on any atom is 0.253 e. The van der Waals surface area contributed by atoms with Crippen LogP contribution in [0.2, 0.25) is 0 Å². The van der Waals surface area contributed by atoms with Gasteiger partial charge in [-0.25, -0.2) is 4.98 Å². The maximum absolute atomic E-state index is 12.3. The van der Waals surface area contributed by atoms with E-state index in [-0.39, 0.29) is 5.56 Å². The molecule has 0 radical (unpaired) electrons. The predicted octanol–water partition coefficient (Wildman–Crippen LogP) is 2.63. The van der Waals surface area contributed by atoms with Crippen molar-refractivity contribution in [3.8, 4) is 0 Å². The highest BCUT2D eigenvalue weighted by molar-refractivity contribution is 5.24. The molecule has 0 unspecified atom stereocenters. The number of hydrogen-bond acceptors (Lipinski definition) is 4. The first-order valence-electron chi connectivity index (χ1n) is 10.1. The summed E-state index contributed by atoms with van der Waals surface area (Å²) in [6.45, 7) is 4.01. The third-order valence-corrected chi connectivity index (χ3v) is 6.19. The predicted molar refractivity (Wildman–Crippen MR) is 99.0 cm³/mol. The van der Waals surface area contributed by atoms with Gasteiger partial charge in [-0.05, 0) is 57.5 Å². The second-order valence-electron chi connectivity index (χ2n) is 8.38. The molecular formula is C20H27N5O. The van der Waals surface area contributed by atoms with Crippen molar-refractivity contribution in [1.82, 2.24) is 24.6 Å². The van der Waals surface area contributed by atoms with Crippen LogP contribution in [-0.4, -0.2) is 37.7 Å². The fourth-order valence-electron chi connectivity index (χ4n) is 4.20. The Morgan fingerprint density at radius 3 is 2.54 bits per heavy atom. The normalized spacial score (nSPS) is 22.0. The van der Waals surface area contributed by atoms with E-state index >= 15 is 0 Å². The van der Waals surface area contributed by atoms with E-state index in [4.69, 9.17) is 0 Å². The van der Waals surface area contributed by atoms with E-state index in [1.54, 1.807) is 12.4 Å². The lowest BCUT2D eigenvalue weighted by Crippen LogP contribution is -2.36. The fraction of sp³-hybridized carbons (Fsp3) is 0.650. The summed E-state index contributed by atoms with van der Waals surface area (Å²) in [5, 5.41) is 7.46. The Morgan fingerprint density at radius 2 is 1.85 bits per heavy atom. The summed E-state index contributed by atoms with van der Waals surface area (Å²) in [6, 6.07) is 1.76. The quantitative estimate of drug-likeness (QED) is 0.867. The molecule has 2 aromatic heterocycles. The Labute approximate surface area is 153 Å². The van der Waals surface area contributed by atoms with E-state index < -0.39 is 0 Å². The zero-order valence-electron chi connectivity index (χ0n) is 15.2. The van der Waals surface area contributed by atoms with Crippen LogP contribution in [0.4, 0.5) is 0 Å². The molecule has 2 saturated carbocycles. The van der Waals surface area contributed by atoms with Gasteiger partial charge < -0.3 is 0 Å². The van der Waals surface area contributed by atoms with Crippen molar-refractivity contribution in [2.45, 2.75) is 63.5 Å². The van der Waals surface area contributed by atoms with Crippen LogP contribution in [0.5, 0.6) is 0 Å². The van der Waals surface area contributed by atoms with Gasteiger partial charge >= 0.3 is 0 Å². The highest BCUT2D eigenvalue weighted by Gasteiger charge is 2.29. The first kappa shape index (κ1) is 16.2. The van der Waals surface area contributed by atoms with Gasteiger partial charge in [0.15, 0.2) is 0 Å². The number of nitrogens with zero attached hydrogens (tertiary/aromatic N) is 4.